The molecule has 1 aromatic carbocycles. The minimum absolute atomic E-state index is 0.0844. The molecule has 0 bridgehead atoms. The number of nitrogens with one attached hydrogen (secondary N) is 1. The Kier molecular flexibility index (Phi) is 3.28. The quantitative estimate of drug-likeness (QED) is 0.879. The normalized spacial score (nSPS) is 10.2. The number of nitrogens with zero attached hydrogens (tertiary/aromatic N) is 2. The van der Waals surface area contributed by atoms with Crippen LogP contribution in [-0.2, 0) is 7.05 Å². The molecule has 98 valence electrons. The minimum Gasteiger partial charge on any atom is -0.478 e. The first kappa shape index (κ1) is 12.7. The number of amides is 1. The lowest BCUT2D eigenvalue weighted by Crippen LogP contribution is -2.12. The lowest BCUT2D eigenvalue weighted by atomic mass is 10.2. The highest BCUT2D eigenvalue weighted by Crippen LogP contribution is 2.16. The van der Waals surface area contributed by atoms with Crippen molar-refractivity contribution in [2.75, 3.05) is 5.32 Å². The maximum atomic E-state index is 13.6. The summed E-state index contributed by atoms with van der Waals surface area (Å²) in [5, 5.41) is 14.9. The van der Waals surface area contributed by atoms with E-state index in [1.54, 1.807) is 7.05 Å². The number of hydrogen-bond donors (Lipinski definition) is 2. The summed E-state index contributed by atoms with van der Waals surface area (Å²) in [6.07, 6.45) is 2.83. The van der Waals surface area contributed by atoms with Gasteiger partial charge in [-0.1, -0.05) is 0 Å². The SMILES string of the molecule is Cn1cc(C(=O)Nc2ccc(C(=O)O)cc2F)cn1. The maximum absolute atomic E-state index is 13.6. The number of aryl methyl sites for hydroxylation is 1. The monoisotopic (exact) mass is 263 g/mol. The van der Waals surface area contributed by atoms with Crippen molar-refractivity contribution in [3.05, 3.63) is 47.5 Å². The second-order valence-electron chi connectivity index (χ2n) is 3.86. The van der Waals surface area contributed by atoms with Gasteiger partial charge in [-0.05, 0) is 18.2 Å². The largest absolute Gasteiger partial charge is 0.478 e. The van der Waals surface area contributed by atoms with Crippen LogP contribution in [0, 0.1) is 5.82 Å². The first-order chi connectivity index (χ1) is 8.97. The van der Waals surface area contributed by atoms with E-state index in [0.29, 0.717) is 0 Å². The molecule has 0 aliphatic carbocycles. The molecular formula is C12H10FN3O3. The highest BCUT2D eigenvalue weighted by atomic mass is 19.1. The van der Waals surface area contributed by atoms with Crippen LogP contribution in [0.3, 0.4) is 0 Å². The van der Waals surface area contributed by atoms with Crippen LogP contribution in [0.25, 0.3) is 0 Å². The average molecular weight is 263 g/mol. The molecule has 0 atom stereocenters. The summed E-state index contributed by atoms with van der Waals surface area (Å²) in [5.41, 5.74) is 0.0138. The van der Waals surface area contributed by atoms with Gasteiger partial charge in [0.1, 0.15) is 5.82 Å². The number of halogens is 1. The molecule has 0 aliphatic heterocycles. The van der Waals surface area contributed by atoms with Gasteiger partial charge in [0.15, 0.2) is 0 Å². The number of hydrogen-bond acceptors (Lipinski definition) is 3. The summed E-state index contributed by atoms with van der Waals surface area (Å²) in [5.74, 6) is -2.56. The molecule has 19 heavy (non-hydrogen) atoms. The van der Waals surface area contributed by atoms with Crippen LogP contribution in [0.4, 0.5) is 10.1 Å². The van der Waals surface area contributed by atoms with Crippen molar-refractivity contribution in [1.82, 2.24) is 9.78 Å². The molecule has 0 fully saturated rings. The number of aromatic nitrogens is 2. The van der Waals surface area contributed by atoms with Crippen LogP contribution >= 0.6 is 0 Å². The van der Waals surface area contributed by atoms with Crippen LogP contribution in [0.2, 0.25) is 0 Å². The molecule has 6 nitrogen and oxygen atoms in total. The number of carboxylic acids is 1. The van der Waals surface area contributed by atoms with Gasteiger partial charge in [-0.25, -0.2) is 9.18 Å². The van der Waals surface area contributed by atoms with E-state index < -0.39 is 17.7 Å². The highest BCUT2D eigenvalue weighted by Gasteiger charge is 2.13. The molecule has 0 spiro atoms. The third-order valence-corrected chi connectivity index (χ3v) is 2.43. The second kappa shape index (κ2) is 4.89. The van der Waals surface area contributed by atoms with Crippen molar-refractivity contribution in [2.24, 2.45) is 7.05 Å². The van der Waals surface area contributed by atoms with E-state index in [0.717, 1.165) is 6.07 Å². The first-order valence-corrected chi connectivity index (χ1v) is 5.30. The van der Waals surface area contributed by atoms with E-state index in [9.17, 15) is 14.0 Å². The minimum atomic E-state index is -1.23. The van der Waals surface area contributed by atoms with Gasteiger partial charge in [0.25, 0.3) is 5.91 Å². The number of carbonyl (C=O) groups excluding carboxylic acids is 1. The first-order valence-electron chi connectivity index (χ1n) is 5.30. The average Bonchev–Trinajstić information content (AvgIpc) is 2.78. The molecule has 0 radical (unpaired) electrons. The van der Waals surface area contributed by atoms with Crippen molar-refractivity contribution in [1.29, 1.82) is 0 Å². The van der Waals surface area contributed by atoms with Crippen LogP contribution in [0.1, 0.15) is 20.7 Å². The molecule has 2 N–H and O–H groups in total. The van der Waals surface area contributed by atoms with Crippen LogP contribution in [-0.4, -0.2) is 26.8 Å². The fourth-order valence-electron chi connectivity index (χ4n) is 1.48. The lowest BCUT2D eigenvalue weighted by molar-refractivity contribution is 0.0696. The van der Waals surface area contributed by atoms with Gasteiger partial charge in [0.2, 0.25) is 0 Å². The van der Waals surface area contributed by atoms with Gasteiger partial charge in [0, 0.05) is 13.2 Å². The van der Waals surface area contributed by atoms with Crippen molar-refractivity contribution in [2.45, 2.75) is 0 Å². The Labute approximate surface area is 107 Å². The Morgan fingerprint density at radius 3 is 2.63 bits per heavy atom. The Morgan fingerprint density at radius 1 is 1.37 bits per heavy atom. The molecule has 0 unspecified atom stereocenters. The molecule has 1 heterocycles. The third-order valence-electron chi connectivity index (χ3n) is 2.43. The van der Waals surface area contributed by atoms with Gasteiger partial charge >= 0.3 is 5.97 Å². The number of benzene rings is 1. The van der Waals surface area contributed by atoms with Gasteiger partial charge in [-0.2, -0.15) is 5.10 Å². The Bertz CT molecular complexity index is 651. The predicted octanol–water partition coefficient (Wildman–Crippen LogP) is 1.51. The molecule has 1 amide bonds. The van der Waals surface area contributed by atoms with Crippen LogP contribution in [0.5, 0.6) is 0 Å². The molecule has 7 heteroatoms. The van der Waals surface area contributed by atoms with Gasteiger partial charge in [-0.3, -0.25) is 9.48 Å². The van der Waals surface area contributed by atoms with E-state index >= 15 is 0 Å². The highest BCUT2D eigenvalue weighted by molar-refractivity contribution is 6.04. The van der Waals surface area contributed by atoms with Crippen molar-refractivity contribution in [3.8, 4) is 0 Å². The van der Waals surface area contributed by atoms with Gasteiger partial charge in [-0.15, -0.1) is 0 Å². The number of carbonyl (C=O) groups is 2. The number of carboxylic acid groups (broad SMARTS) is 1. The fourth-order valence-corrected chi connectivity index (χ4v) is 1.48. The molecule has 0 saturated carbocycles. The summed E-state index contributed by atoms with van der Waals surface area (Å²) >= 11 is 0. The Morgan fingerprint density at radius 2 is 2.11 bits per heavy atom. The number of anilines is 1. The summed E-state index contributed by atoms with van der Waals surface area (Å²) in [7, 11) is 1.65. The van der Waals surface area contributed by atoms with Crippen molar-refractivity contribution < 1.29 is 19.1 Å². The molecule has 0 aliphatic rings. The Hall–Kier alpha value is -2.70. The number of aromatic carboxylic acids is 1. The molecule has 2 aromatic rings. The fraction of sp³-hybridized carbons (Fsp3) is 0.0833. The third kappa shape index (κ3) is 2.76. The molecular weight excluding hydrogens is 253 g/mol. The van der Waals surface area contributed by atoms with Crippen LogP contribution < -0.4 is 5.32 Å². The van der Waals surface area contributed by atoms with Gasteiger partial charge < -0.3 is 10.4 Å². The topological polar surface area (TPSA) is 84.2 Å². The summed E-state index contributed by atoms with van der Waals surface area (Å²) in [6, 6.07) is 3.26. The summed E-state index contributed by atoms with van der Waals surface area (Å²) < 4.78 is 15.0. The van der Waals surface area contributed by atoms with E-state index in [1.807, 2.05) is 0 Å². The summed E-state index contributed by atoms with van der Waals surface area (Å²) in [6.45, 7) is 0. The Balaban J connectivity index is 2.20. The van der Waals surface area contributed by atoms with Crippen LogP contribution in [0.15, 0.2) is 30.6 Å². The zero-order chi connectivity index (χ0) is 14.0. The second-order valence-corrected chi connectivity index (χ2v) is 3.86. The van der Waals surface area contributed by atoms with E-state index in [4.69, 9.17) is 5.11 Å². The molecule has 0 saturated heterocycles. The molecule has 2 rings (SSSR count). The van der Waals surface area contributed by atoms with E-state index in [-0.39, 0.29) is 16.8 Å². The predicted molar refractivity (Wildman–Crippen MR) is 64.5 cm³/mol. The van der Waals surface area contributed by atoms with E-state index in [1.165, 1.54) is 29.2 Å². The maximum Gasteiger partial charge on any atom is 0.335 e. The smallest absolute Gasteiger partial charge is 0.335 e. The molecule has 1 aromatic heterocycles. The zero-order valence-electron chi connectivity index (χ0n) is 9.92. The zero-order valence-corrected chi connectivity index (χ0v) is 9.92. The summed E-state index contributed by atoms with van der Waals surface area (Å²) in [4.78, 5) is 22.4. The van der Waals surface area contributed by atoms with Crippen molar-refractivity contribution >= 4 is 17.6 Å². The lowest BCUT2D eigenvalue weighted by Gasteiger charge is -2.05. The van der Waals surface area contributed by atoms with E-state index in [2.05, 4.69) is 10.4 Å². The number of rotatable bonds is 3. The standard InChI is InChI=1S/C12H10FN3O3/c1-16-6-8(5-14-16)11(17)15-10-3-2-7(12(18)19)4-9(10)13/h2-6H,1H3,(H,15,17)(H,18,19). The van der Waals surface area contributed by atoms with Gasteiger partial charge in [0.05, 0.1) is 23.0 Å². The van der Waals surface area contributed by atoms with Crippen molar-refractivity contribution in [3.63, 3.8) is 0 Å².